The van der Waals surface area contributed by atoms with Crippen LogP contribution in [0.15, 0.2) is 29.6 Å². The van der Waals surface area contributed by atoms with Crippen molar-refractivity contribution in [1.29, 1.82) is 0 Å². The van der Waals surface area contributed by atoms with Crippen LogP contribution in [-0.2, 0) is 4.79 Å². The van der Waals surface area contributed by atoms with E-state index >= 15 is 0 Å². The number of ketones is 2. The molecule has 1 aromatic heterocycles. The lowest BCUT2D eigenvalue weighted by Crippen LogP contribution is -2.26. The molecule has 0 aromatic carbocycles. The van der Waals surface area contributed by atoms with E-state index in [2.05, 4.69) is 10.3 Å². The summed E-state index contributed by atoms with van der Waals surface area (Å²) in [6.07, 6.45) is 1.43. The summed E-state index contributed by atoms with van der Waals surface area (Å²) < 4.78 is 0. The highest BCUT2D eigenvalue weighted by Gasteiger charge is 2.38. The minimum atomic E-state index is -0.330. The molecule has 0 unspecified atom stereocenters. The third-order valence-corrected chi connectivity index (χ3v) is 2.67. The number of pyridine rings is 1. The summed E-state index contributed by atoms with van der Waals surface area (Å²) >= 11 is 0. The molecule has 2 heterocycles. The molecule has 78 valence electrons. The van der Waals surface area contributed by atoms with Crippen molar-refractivity contribution in [2.75, 3.05) is 0 Å². The van der Waals surface area contributed by atoms with Gasteiger partial charge in [0.1, 0.15) is 5.69 Å². The van der Waals surface area contributed by atoms with Crippen LogP contribution in [0.2, 0.25) is 0 Å². The molecule has 2 aliphatic rings. The Labute approximate surface area is 90.2 Å². The zero-order chi connectivity index (χ0) is 11.3. The number of Topliss-reactive ketones (excluding diaryl/α,β-unsaturated/α-hetero) is 2. The number of fused-ring (bicyclic) bond motifs is 1. The first-order chi connectivity index (χ1) is 7.68. The van der Waals surface area contributed by atoms with Crippen molar-refractivity contribution in [3.05, 3.63) is 40.9 Å². The SMILES string of the molecule is O=C1CC2=C(N1)C(=O)c1cccnc1C2=O. The summed E-state index contributed by atoms with van der Waals surface area (Å²) in [7, 11) is 0. The van der Waals surface area contributed by atoms with Gasteiger partial charge in [-0.1, -0.05) is 0 Å². The van der Waals surface area contributed by atoms with E-state index in [-0.39, 0.29) is 46.4 Å². The predicted molar refractivity (Wildman–Crippen MR) is 52.7 cm³/mol. The first-order valence-corrected chi connectivity index (χ1v) is 4.76. The highest BCUT2D eigenvalue weighted by molar-refractivity contribution is 6.29. The molecule has 0 radical (unpaired) electrons. The number of amides is 1. The molecule has 1 aliphatic heterocycles. The van der Waals surface area contributed by atoms with Gasteiger partial charge in [-0.2, -0.15) is 0 Å². The van der Waals surface area contributed by atoms with Crippen LogP contribution in [0.25, 0.3) is 0 Å². The fraction of sp³-hybridized carbons (Fsp3) is 0.0909. The second-order valence-electron chi connectivity index (χ2n) is 3.64. The minimum Gasteiger partial charge on any atom is -0.322 e. The van der Waals surface area contributed by atoms with Gasteiger partial charge < -0.3 is 5.32 Å². The zero-order valence-corrected chi connectivity index (χ0v) is 8.11. The molecular formula is C11H6N2O3. The Balaban J connectivity index is 2.24. The molecule has 0 bridgehead atoms. The predicted octanol–water partition coefficient (Wildman–Crippen LogP) is 0.235. The van der Waals surface area contributed by atoms with Crippen molar-refractivity contribution in [2.24, 2.45) is 0 Å². The molecule has 16 heavy (non-hydrogen) atoms. The van der Waals surface area contributed by atoms with Crippen LogP contribution in [0.1, 0.15) is 27.3 Å². The first-order valence-electron chi connectivity index (χ1n) is 4.76. The van der Waals surface area contributed by atoms with Crippen molar-refractivity contribution in [2.45, 2.75) is 6.42 Å². The van der Waals surface area contributed by atoms with Crippen LogP contribution in [-0.4, -0.2) is 22.5 Å². The monoisotopic (exact) mass is 214 g/mol. The quantitative estimate of drug-likeness (QED) is 0.670. The summed E-state index contributed by atoms with van der Waals surface area (Å²) in [4.78, 5) is 38.9. The van der Waals surface area contributed by atoms with Crippen LogP contribution in [0.3, 0.4) is 0 Å². The Morgan fingerprint density at radius 3 is 2.81 bits per heavy atom. The molecule has 0 fully saturated rings. The van der Waals surface area contributed by atoms with Crippen LogP contribution < -0.4 is 5.32 Å². The second kappa shape index (κ2) is 2.85. The molecule has 1 aromatic rings. The number of carbonyl (C=O) groups excluding carboxylic acids is 3. The fourth-order valence-electron chi connectivity index (χ4n) is 1.94. The normalized spacial score (nSPS) is 18.4. The smallest absolute Gasteiger partial charge is 0.229 e. The summed E-state index contributed by atoms with van der Waals surface area (Å²) in [5.41, 5.74) is 0.757. The lowest BCUT2D eigenvalue weighted by atomic mass is 9.91. The van der Waals surface area contributed by atoms with Gasteiger partial charge in [0.05, 0.1) is 17.7 Å². The van der Waals surface area contributed by atoms with Gasteiger partial charge in [0, 0.05) is 11.8 Å². The number of carbonyl (C=O) groups is 3. The molecule has 1 N–H and O–H groups in total. The Morgan fingerprint density at radius 2 is 2.00 bits per heavy atom. The maximum atomic E-state index is 11.9. The Hall–Kier alpha value is -2.30. The van der Waals surface area contributed by atoms with Gasteiger partial charge in [-0.25, -0.2) is 0 Å². The van der Waals surface area contributed by atoms with E-state index < -0.39 is 0 Å². The van der Waals surface area contributed by atoms with Crippen LogP contribution in [0, 0.1) is 0 Å². The lowest BCUT2D eigenvalue weighted by Gasteiger charge is -2.13. The maximum absolute atomic E-state index is 11.9. The van der Waals surface area contributed by atoms with Crippen molar-refractivity contribution in [3.63, 3.8) is 0 Å². The van der Waals surface area contributed by atoms with E-state index in [1.54, 1.807) is 6.07 Å². The number of nitrogens with one attached hydrogen (secondary N) is 1. The topological polar surface area (TPSA) is 76.1 Å². The number of allylic oxidation sites excluding steroid dienone is 1. The van der Waals surface area contributed by atoms with Gasteiger partial charge in [0.2, 0.25) is 17.5 Å². The number of rotatable bonds is 0. The summed E-state index contributed by atoms with van der Waals surface area (Å²) in [6.45, 7) is 0. The molecule has 0 saturated heterocycles. The summed E-state index contributed by atoms with van der Waals surface area (Å²) in [6, 6.07) is 3.13. The highest BCUT2D eigenvalue weighted by atomic mass is 16.2. The zero-order valence-electron chi connectivity index (χ0n) is 8.11. The van der Waals surface area contributed by atoms with Gasteiger partial charge in [0.25, 0.3) is 0 Å². The largest absolute Gasteiger partial charge is 0.322 e. The van der Waals surface area contributed by atoms with E-state index in [0.29, 0.717) is 0 Å². The van der Waals surface area contributed by atoms with E-state index in [1.807, 2.05) is 0 Å². The van der Waals surface area contributed by atoms with Gasteiger partial charge in [-0.05, 0) is 12.1 Å². The molecule has 0 atom stereocenters. The molecule has 1 aliphatic carbocycles. The fourth-order valence-corrected chi connectivity index (χ4v) is 1.94. The average molecular weight is 214 g/mol. The Kier molecular flexibility index (Phi) is 1.60. The van der Waals surface area contributed by atoms with E-state index in [9.17, 15) is 14.4 Å². The third kappa shape index (κ3) is 0.995. The number of nitrogens with zero attached hydrogens (tertiary/aromatic N) is 1. The van der Waals surface area contributed by atoms with Crippen molar-refractivity contribution >= 4 is 17.5 Å². The first kappa shape index (κ1) is 8.96. The molecule has 3 rings (SSSR count). The standard InChI is InChI=1S/C11H6N2O3/c14-7-4-6-9(13-7)10(15)5-2-1-3-12-8(5)11(6)16/h1-3H,4H2,(H,13,14). The van der Waals surface area contributed by atoms with Crippen LogP contribution in [0.4, 0.5) is 0 Å². The van der Waals surface area contributed by atoms with E-state index in [1.165, 1.54) is 12.3 Å². The number of aromatic nitrogens is 1. The average Bonchev–Trinajstić information content (AvgIpc) is 2.68. The van der Waals surface area contributed by atoms with Crippen molar-refractivity contribution in [3.8, 4) is 0 Å². The highest BCUT2D eigenvalue weighted by Crippen LogP contribution is 2.28. The Morgan fingerprint density at radius 1 is 1.19 bits per heavy atom. The molecule has 1 amide bonds. The van der Waals surface area contributed by atoms with Gasteiger partial charge in [-0.3, -0.25) is 19.4 Å². The van der Waals surface area contributed by atoms with Crippen LogP contribution in [0.5, 0.6) is 0 Å². The van der Waals surface area contributed by atoms with Gasteiger partial charge >= 0.3 is 0 Å². The van der Waals surface area contributed by atoms with Gasteiger partial charge in [0.15, 0.2) is 0 Å². The molecule has 0 saturated carbocycles. The van der Waals surface area contributed by atoms with Gasteiger partial charge in [-0.15, -0.1) is 0 Å². The second-order valence-corrected chi connectivity index (χ2v) is 3.64. The van der Waals surface area contributed by atoms with Crippen molar-refractivity contribution < 1.29 is 14.4 Å². The Bertz CT molecular complexity index is 538. The number of hydrogen-bond acceptors (Lipinski definition) is 4. The third-order valence-electron chi connectivity index (χ3n) is 2.67. The molecule has 5 heteroatoms. The summed E-state index contributed by atoms with van der Waals surface area (Å²) in [5.74, 6) is -0.980. The van der Waals surface area contributed by atoms with E-state index in [0.717, 1.165) is 0 Å². The minimum absolute atomic E-state index is 0.0318. The number of hydrogen-bond donors (Lipinski definition) is 1. The lowest BCUT2D eigenvalue weighted by molar-refractivity contribution is -0.118. The molecule has 0 spiro atoms. The van der Waals surface area contributed by atoms with Crippen molar-refractivity contribution in [1.82, 2.24) is 10.3 Å². The molecule has 5 nitrogen and oxygen atoms in total. The summed E-state index contributed by atoms with van der Waals surface area (Å²) in [5, 5.41) is 2.42. The van der Waals surface area contributed by atoms with Crippen LogP contribution >= 0.6 is 0 Å². The maximum Gasteiger partial charge on any atom is 0.229 e. The molecular weight excluding hydrogens is 208 g/mol. The van der Waals surface area contributed by atoms with E-state index in [4.69, 9.17) is 0 Å².